The monoisotopic (exact) mass is 280 g/mol. The van der Waals surface area contributed by atoms with E-state index >= 15 is 0 Å². The zero-order chi connectivity index (χ0) is 9.00. The molecule has 0 unspecified atom stereocenters. The fourth-order valence-electron chi connectivity index (χ4n) is 0. The van der Waals surface area contributed by atoms with Crippen LogP contribution in [0.2, 0.25) is 0 Å². The van der Waals surface area contributed by atoms with Crippen LogP contribution in [0.1, 0.15) is 0 Å². The number of halogens is 8. The van der Waals surface area contributed by atoms with Crippen LogP contribution in [0.5, 0.6) is 0 Å². The molecule has 0 spiro atoms. The van der Waals surface area contributed by atoms with Crippen molar-refractivity contribution in [1.82, 2.24) is 0 Å². The summed E-state index contributed by atoms with van der Waals surface area (Å²) in [5.41, 5.74) is 0. The van der Waals surface area contributed by atoms with Gasteiger partial charge in [0.05, 0.1) is 0 Å². The quantitative estimate of drug-likeness (QED) is 0.472. The van der Waals surface area contributed by atoms with Gasteiger partial charge in [-0.25, -0.2) is 0 Å². The minimum atomic E-state index is -6.00. The topological polar surface area (TPSA) is 0 Å². The van der Waals surface area contributed by atoms with Crippen molar-refractivity contribution in [3.8, 4) is 0 Å². The molecule has 11 heavy (non-hydrogen) atoms. The van der Waals surface area contributed by atoms with Crippen molar-refractivity contribution in [3.05, 3.63) is 0 Å². The first kappa shape index (κ1) is 17.4. The van der Waals surface area contributed by atoms with Crippen LogP contribution in [0.25, 0.3) is 0 Å². The standard InChI is InChI=1S/2BF4.Pd/c2*2-1(3,4)5;/q2*-1;+2. The summed E-state index contributed by atoms with van der Waals surface area (Å²) in [6.07, 6.45) is 0. The summed E-state index contributed by atoms with van der Waals surface area (Å²) in [5, 5.41) is 0. The molecule has 0 nitrogen and oxygen atoms in total. The molecule has 72 valence electrons. The van der Waals surface area contributed by atoms with Crippen molar-refractivity contribution in [2.24, 2.45) is 0 Å². The Bertz CT molecular complexity index is 55.1. The summed E-state index contributed by atoms with van der Waals surface area (Å²) in [5.74, 6) is 0. The summed E-state index contributed by atoms with van der Waals surface area (Å²) in [4.78, 5) is 0. The van der Waals surface area contributed by atoms with Crippen molar-refractivity contribution >= 4 is 14.5 Å². The van der Waals surface area contributed by atoms with E-state index in [1.165, 1.54) is 0 Å². The molecule has 0 heterocycles. The number of hydrogen-bond donors (Lipinski definition) is 0. The third kappa shape index (κ3) is 12900. The van der Waals surface area contributed by atoms with Gasteiger partial charge in [0.25, 0.3) is 0 Å². The van der Waals surface area contributed by atoms with Gasteiger partial charge in [-0.05, 0) is 0 Å². The van der Waals surface area contributed by atoms with Crippen LogP contribution in [0.15, 0.2) is 0 Å². The molecule has 0 saturated carbocycles. The van der Waals surface area contributed by atoms with Crippen LogP contribution < -0.4 is 0 Å². The predicted molar refractivity (Wildman–Crippen MR) is 20.4 cm³/mol. The fraction of sp³-hybridized carbons (Fsp3) is 0. The SMILES string of the molecule is F[B-](F)(F)F.F[B-](F)(F)F.[Pd+2]. The van der Waals surface area contributed by atoms with Gasteiger partial charge in [-0.3, -0.25) is 0 Å². The largest absolute Gasteiger partial charge is 2.00 e. The third-order valence-corrected chi connectivity index (χ3v) is 0. The van der Waals surface area contributed by atoms with Crippen LogP contribution in [0.3, 0.4) is 0 Å². The Kier molecular flexibility index (Phi) is 9.19. The Morgan fingerprint density at radius 2 is 0.455 bits per heavy atom. The molecular weight excluding hydrogens is 280 g/mol. The summed E-state index contributed by atoms with van der Waals surface area (Å²) < 4.78 is 78.0. The molecule has 0 bridgehead atoms. The molecule has 0 radical (unpaired) electrons. The molecular formula is B2F8Pd. The van der Waals surface area contributed by atoms with Crippen molar-refractivity contribution < 1.29 is 54.9 Å². The van der Waals surface area contributed by atoms with E-state index in [1.807, 2.05) is 0 Å². The molecule has 0 fully saturated rings. The summed E-state index contributed by atoms with van der Waals surface area (Å²) in [6, 6.07) is 0. The average Bonchev–Trinajstić information content (AvgIpc) is 1.12. The van der Waals surface area contributed by atoms with Crippen molar-refractivity contribution in [3.63, 3.8) is 0 Å². The first-order valence-corrected chi connectivity index (χ1v) is 1.75. The van der Waals surface area contributed by atoms with Gasteiger partial charge >= 0.3 is 34.9 Å². The van der Waals surface area contributed by atoms with Crippen LogP contribution in [-0.2, 0) is 20.4 Å². The Balaban J connectivity index is -0.000000107. The maximum absolute atomic E-state index is 9.75. The third-order valence-electron chi connectivity index (χ3n) is 0. The van der Waals surface area contributed by atoms with Crippen LogP contribution in [-0.4, -0.2) is 14.5 Å². The van der Waals surface area contributed by atoms with Gasteiger partial charge in [0.15, 0.2) is 0 Å². The second-order valence-electron chi connectivity index (χ2n) is 0.990. The minimum absolute atomic E-state index is 0. The zero-order valence-electron chi connectivity index (χ0n) is 4.49. The van der Waals surface area contributed by atoms with Crippen LogP contribution in [0.4, 0.5) is 34.5 Å². The molecule has 0 atom stereocenters. The molecule has 0 aromatic heterocycles. The normalized spacial score (nSPS) is 10.9. The van der Waals surface area contributed by atoms with E-state index < -0.39 is 14.5 Å². The maximum atomic E-state index is 9.75. The molecule has 0 saturated heterocycles. The van der Waals surface area contributed by atoms with Crippen molar-refractivity contribution in [1.29, 1.82) is 0 Å². The second-order valence-corrected chi connectivity index (χ2v) is 0.990. The van der Waals surface area contributed by atoms with Gasteiger partial charge in [0.2, 0.25) is 0 Å². The summed E-state index contributed by atoms with van der Waals surface area (Å²) in [6.45, 7) is 0. The smallest absolute Gasteiger partial charge is 0.418 e. The van der Waals surface area contributed by atoms with E-state index in [2.05, 4.69) is 0 Å². The van der Waals surface area contributed by atoms with E-state index in [9.17, 15) is 34.5 Å². The molecule has 0 rings (SSSR count). The summed E-state index contributed by atoms with van der Waals surface area (Å²) >= 11 is 0. The molecule has 0 aliphatic heterocycles. The van der Waals surface area contributed by atoms with E-state index in [0.717, 1.165) is 0 Å². The van der Waals surface area contributed by atoms with E-state index in [4.69, 9.17) is 0 Å². The van der Waals surface area contributed by atoms with Gasteiger partial charge in [-0.15, -0.1) is 0 Å². The molecule has 0 N–H and O–H groups in total. The Morgan fingerprint density at radius 1 is 0.455 bits per heavy atom. The Labute approximate surface area is 70.2 Å². The molecule has 0 aliphatic carbocycles. The van der Waals surface area contributed by atoms with Gasteiger partial charge in [-0.1, -0.05) is 0 Å². The second kappa shape index (κ2) is 5.83. The number of hydrogen-bond acceptors (Lipinski definition) is 0. The first-order chi connectivity index (χ1) is 4.00. The minimum Gasteiger partial charge on any atom is -0.418 e. The van der Waals surface area contributed by atoms with Crippen LogP contribution >= 0.6 is 0 Å². The fourth-order valence-corrected chi connectivity index (χ4v) is 0. The van der Waals surface area contributed by atoms with Gasteiger partial charge in [0, 0.05) is 0 Å². The van der Waals surface area contributed by atoms with Crippen molar-refractivity contribution in [2.45, 2.75) is 0 Å². The molecule has 11 heteroatoms. The molecule has 0 aliphatic rings. The van der Waals surface area contributed by atoms with Gasteiger partial charge < -0.3 is 34.5 Å². The van der Waals surface area contributed by atoms with E-state index in [1.54, 1.807) is 0 Å². The molecule has 0 amide bonds. The van der Waals surface area contributed by atoms with E-state index in [-0.39, 0.29) is 20.4 Å². The summed E-state index contributed by atoms with van der Waals surface area (Å²) in [7, 11) is -12.0. The van der Waals surface area contributed by atoms with Crippen LogP contribution in [0, 0.1) is 0 Å². The molecule has 0 aromatic carbocycles. The van der Waals surface area contributed by atoms with E-state index in [0.29, 0.717) is 0 Å². The first-order valence-electron chi connectivity index (χ1n) is 1.75. The maximum Gasteiger partial charge on any atom is 2.00 e. The zero-order valence-corrected chi connectivity index (χ0v) is 6.05. The number of rotatable bonds is 0. The average molecular weight is 280 g/mol. The Hall–Kier alpha value is 0.232. The Morgan fingerprint density at radius 3 is 0.455 bits per heavy atom. The van der Waals surface area contributed by atoms with Crippen molar-refractivity contribution in [2.75, 3.05) is 0 Å². The molecule has 0 aromatic rings. The van der Waals surface area contributed by atoms with Gasteiger partial charge in [0.1, 0.15) is 0 Å². The predicted octanol–water partition coefficient (Wildman–Crippen LogP) is 2.60. The van der Waals surface area contributed by atoms with Gasteiger partial charge in [-0.2, -0.15) is 0 Å².